The first-order chi connectivity index (χ1) is 17.3. The number of nitrogens with one attached hydrogen (secondary N) is 4. The number of alkyl halides is 2. The number of halogens is 2. The van der Waals surface area contributed by atoms with E-state index in [0.717, 1.165) is 32.1 Å². The monoisotopic (exact) mass is 495 g/mol. The molecule has 0 radical (unpaired) electrons. The Hall–Kier alpha value is -3.96. The van der Waals surface area contributed by atoms with Crippen LogP contribution in [0.3, 0.4) is 0 Å². The van der Waals surface area contributed by atoms with Gasteiger partial charge in [-0.05, 0) is 55.3 Å². The molecule has 36 heavy (non-hydrogen) atoms. The van der Waals surface area contributed by atoms with E-state index >= 15 is 0 Å². The number of aromatic nitrogens is 3. The van der Waals surface area contributed by atoms with E-state index in [1.165, 1.54) is 41.7 Å². The fraction of sp³-hybridized carbons (Fsp3) is 0.280. The second-order valence-electron chi connectivity index (χ2n) is 8.49. The number of amides is 1. The van der Waals surface area contributed by atoms with E-state index in [4.69, 9.17) is 0 Å². The average Bonchev–Trinajstić information content (AvgIpc) is 2.87. The van der Waals surface area contributed by atoms with E-state index in [2.05, 4.69) is 42.8 Å². The maximum atomic E-state index is 13.3. The first kappa shape index (κ1) is 25.1. The van der Waals surface area contributed by atoms with Gasteiger partial charge in [0, 0.05) is 36.9 Å². The smallest absolute Gasteiger partial charge is 0.272 e. The molecular weight excluding hydrogens is 468 g/mol. The van der Waals surface area contributed by atoms with Crippen molar-refractivity contribution in [2.75, 3.05) is 23.7 Å². The fourth-order valence-corrected chi connectivity index (χ4v) is 3.68. The van der Waals surface area contributed by atoms with Gasteiger partial charge in [0.05, 0.1) is 5.69 Å². The van der Waals surface area contributed by atoms with Crippen molar-refractivity contribution in [3.05, 3.63) is 77.8 Å². The minimum atomic E-state index is -3.04. The molecule has 1 aliphatic heterocycles. The number of fused-ring (bicyclic) bond motifs is 1. The van der Waals surface area contributed by atoms with Crippen LogP contribution in [0, 0.1) is 0 Å². The van der Waals surface area contributed by atoms with Crippen molar-refractivity contribution in [1.29, 1.82) is 0 Å². The number of rotatable bonds is 9. The summed E-state index contributed by atoms with van der Waals surface area (Å²) in [5.41, 5.74) is 1.04. The second-order valence-corrected chi connectivity index (χ2v) is 8.49. The Balaban J connectivity index is 1.65. The van der Waals surface area contributed by atoms with Gasteiger partial charge in [-0.1, -0.05) is 12.1 Å². The van der Waals surface area contributed by atoms with Gasteiger partial charge in [-0.15, -0.1) is 6.58 Å². The van der Waals surface area contributed by atoms with E-state index in [1.54, 1.807) is 0 Å². The molecule has 1 atom stereocenters. The highest BCUT2D eigenvalue weighted by molar-refractivity contribution is 5.99. The molecule has 0 aliphatic carbocycles. The summed E-state index contributed by atoms with van der Waals surface area (Å²) in [5.74, 6) is -0.0651. The Morgan fingerprint density at radius 2 is 2.03 bits per heavy atom. The molecule has 5 N–H and O–H groups in total. The third-order valence-corrected chi connectivity index (χ3v) is 5.76. The lowest BCUT2D eigenvalue weighted by molar-refractivity contribution is -0.0910. The number of nitrogens with zero attached hydrogens (tertiary/aromatic N) is 3. The number of anilines is 4. The van der Waals surface area contributed by atoms with Crippen molar-refractivity contribution in [2.24, 2.45) is 0 Å². The van der Waals surface area contributed by atoms with E-state index in [-0.39, 0.29) is 29.6 Å². The van der Waals surface area contributed by atoms with Crippen LogP contribution in [0.2, 0.25) is 0 Å². The van der Waals surface area contributed by atoms with Gasteiger partial charge < -0.3 is 26.4 Å². The molecule has 2 aromatic heterocycles. The molecule has 4 rings (SSSR count). The van der Waals surface area contributed by atoms with Crippen LogP contribution in [-0.4, -0.2) is 45.5 Å². The van der Waals surface area contributed by atoms with Crippen LogP contribution in [0.4, 0.5) is 31.9 Å². The van der Waals surface area contributed by atoms with Gasteiger partial charge in [-0.3, -0.25) is 9.78 Å². The highest BCUT2D eigenvalue weighted by atomic mass is 19.3. The number of hydrogen-bond acceptors (Lipinski definition) is 8. The number of carbonyl (C=O) groups excluding carboxylic acids is 1. The molecule has 0 bridgehead atoms. The molecule has 1 aromatic carbocycles. The number of hydrogen-bond donors (Lipinski definition) is 5. The van der Waals surface area contributed by atoms with Gasteiger partial charge in [0.2, 0.25) is 5.95 Å². The van der Waals surface area contributed by atoms with E-state index in [9.17, 15) is 18.7 Å². The van der Waals surface area contributed by atoms with Gasteiger partial charge in [0.15, 0.2) is 5.60 Å². The molecule has 9 nitrogen and oxygen atoms in total. The lowest BCUT2D eigenvalue weighted by Gasteiger charge is -2.22. The number of pyridine rings is 1. The predicted molar refractivity (Wildman–Crippen MR) is 133 cm³/mol. The number of carbonyl (C=O) groups is 1. The number of benzene rings is 1. The Kier molecular flexibility index (Phi) is 7.51. The summed E-state index contributed by atoms with van der Waals surface area (Å²) >= 11 is 0. The highest BCUT2D eigenvalue weighted by Crippen LogP contribution is 2.29. The topological polar surface area (TPSA) is 124 Å². The molecule has 0 saturated carbocycles. The lowest BCUT2D eigenvalue weighted by atomic mass is 10.0. The third kappa shape index (κ3) is 5.64. The lowest BCUT2D eigenvalue weighted by Crippen LogP contribution is -2.31. The zero-order valence-electron chi connectivity index (χ0n) is 19.7. The first-order valence-corrected chi connectivity index (χ1v) is 11.4. The van der Waals surface area contributed by atoms with Crippen LogP contribution in [0.15, 0.2) is 55.4 Å². The molecule has 11 heteroatoms. The van der Waals surface area contributed by atoms with Crippen molar-refractivity contribution >= 4 is 29.0 Å². The predicted octanol–water partition coefficient (Wildman–Crippen LogP) is 3.39. The summed E-state index contributed by atoms with van der Waals surface area (Å²) in [7, 11) is 0. The molecule has 0 fully saturated rings. The minimum absolute atomic E-state index is 0.137. The Morgan fingerprint density at radius 3 is 2.81 bits per heavy atom. The summed E-state index contributed by atoms with van der Waals surface area (Å²) in [5, 5.41) is 22.3. The van der Waals surface area contributed by atoms with Crippen molar-refractivity contribution in [3.63, 3.8) is 0 Å². The zero-order chi connectivity index (χ0) is 25.7. The van der Waals surface area contributed by atoms with Crippen LogP contribution in [0.1, 0.15) is 34.1 Å². The Morgan fingerprint density at radius 1 is 1.22 bits per heavy atom. The van der Waals surface area contributed by atoms with Crippen LogP contribution in [-0.2, 0) is 18.6 Å². The maximum Gasteiger partial charge on any atom is 0.272 e. The zero-order valence-corrected chi connectivity index (χ0v) is 19.7. The molecule has 1 unspecified atom stereocenters. The molecule has 3 heterocycles. The molecule has 0 spiro atoms. The largest absolute Gasteiger partial charge is 0.378 e. The maximum absolute atomic E-state index is 13.3. The van der Waals surface area contributed by atoms with Crippen LogP contribution < -0.4 is 21.3 Å². The quantitative estimate of drug-likeness (QED) is 0.286. The summed E-state index contributed by atoms with van der Waals surface area (Å²) < 4.78 is 26.6. The summed E-state index contributed by atoms with van der Waals surface area (Å²) in [4.78, 5) is 25.3. The molecular formula is C25H27F2N7O2. The van der Waals surface area contributed by atoms with Gasteiger partial charge in [-0.25, -0.2) is 13.8 Å². The van der Waals surface area contributed by atoms with Gasteiger partial charge in [-0.2, -0.15) is 4.98 Å². The van der Waals surface area contributed by atoms with Gasteiger partial charge >= 0.3 is 0 Å². The van der Waals surface area contributed by atoms with E-state index in [1.807, 2.05) is 18.2 Å². The first-order valence-electron chi connectivity index (χ1n) is 11.4. The Bertz CT molecular complexity index is 1270. The standard InChI is InChI=1S/C25H27F2N7O2/c1-3-8-30-22(35)19-14-31-24(33-17-5-4-16-13-28-9-6-15(16)11-17)34-21(19)32-18-7-10-29-20(12-18)25(2,36)23(26)27/h3-5,7,10-12,14,23,28,36H,1,6,8-9,13H2,2H3,(H,30,35)(H2,29,31,32,33,34). The normalized spacial score (nSPS) is 14.5. The second kappa shape index (κ2) is 10.8. The Labute approximate surface area is 207 Å². The highest BCUT2D eigenvalue weighted by Gasteiger charge is 2.36. The van der Waals surface area contributed by atoms with Crippen molar-refractivity contribution in [3.8, 4) is 0 Å². The van der Waals surface area contributed by atoms with E-state index in [0.29, 0.717) is 5.69 Å². The van der Waals surface area contributed by atoms with E-state index < -0.39 is 17.9 Å². The average molecular weight is 496 g/mol. The molecule has 188 valence electrons. The molecule has 3 aromatic rings. The van der Waals surface area contributed by atoms with Crippen LogP contribution >= 0.6 is 0 Å². The molecule has 1 amide bonds. The van der Waals surface area contributed by atoms with Crippen LogP contribution in [0.5, 0.6) is 0 Å². The summed E-state index contributed by atoms with van der Waals surface area (Å²) in [6.07, 6.45) is 2.06. The van der Waals surface area contributed by atoms with Crippen molar-refractivity contribution in [2.45, 2.75) is 31.9 Å². The third-order valence-electron chi connectivity index (χ3n) is 5.76. The minimum Gasteiger partial charge on any atom is -0.378 e. The van der Waals surface area contributed by atoms with Crippen molar-refractivity contribution in [1.82, 2.24) is 25.6 Å². The SMILES string of the molecule is C=CCNC(=O)c1cnc(Nc2ccc3c(c2)CCNC3)nc1Nc1ccnc(C(C)(O)C(F)F)c1. The van der Waals surface area contributed by atoms with Crippen LogP contribution in [0.25, 0.3) is 0 Å². The van der Waals surface area contributed by atoms with Gasteiger partial charge in [0.25, 0.3) is 12.3 Å². The molecule has 1 aliphatic rings. The number of aliphatic hydroxyl groups is 1. The van der Waals surface area contributed by atoms with Crippen molar-refractivity contribution < 1.29 is 18.7 Å². The fourth-order valence-electron chi connectivity index (χ4n) is 3.68. The van der Waals surface area contributed by atoms with Gasteiger partial charge in [0.1, 0.15) is 11.4 Å². The summed E-state index contributed by atoms with van der Waals surface area (Å²) in [6, 6.07) is 8.80. The summed E-state index contributed by atoms with van der Waals surface area (Å²) in [6.45, 7) is 6.53. The molecule has 0 saturated heterocycles.